The minimum Gasteiger partial charge on any atom is -0.431 e. The maximum atomic E-state index is 11.2. The van der Waals surface area contributed by atoms with Gasteiger partial charge in [0.15, 0.2) is 0 Å². The summed E-state index contributed by atoms with van der Waals surface area (Å²) in [6.45, 7) is 0. The number of nitro groups is 1. The average molecular weight is 341 g/mol. The summed E-state index contributed by atoms with van der Waals surface area (Å²) < 4.78 is 5.86. The molecule has 7 heteroatoms. The Morgan fingerprint density at radius 3 is 2.83 bits per heavy atom. The highest BCUT2D eigenvalue weighted by Gasteiger charge is 2.22. The number of aryl methyl sites for hydroxylation is 2. The third-order valence-electron chi connectivity index (χ3n) is 4.24. The predicted molar refractivity (Wildman–Crippen MR) is 91.8 cm³/mol. The van der Waals surface area contributed by atoms with E-state index < -0.39 is 4.92 Å². The van der Waals surface area contributed by atoms with Crippen molar-refractivity contribution in [1.82, 2.24) is 9.97 Å². The van der Waals surface area contributed by atoms with E-state index in [1.165, 1.54) is 35.7 Å². The Morgan fingerprint density at radius 1 is 1.12 bits per heavy atom. The molecule has 0 amide bonds. The second-order valence-corrected chi connectivity index (χ2v) is 6.83. The van der Waals surface area contributed by atoms with E-state index in [2.05, 4.69) is 9.97 Å². The molecule has 1 aliphatic carbocycles. The van der Waals surface area contributed by atoms with E-state index in [1.807, 2.05) is 0 Å². The zero-order chi connectivity index (χ0) is 16.5. The Balaban J connectivity index is 1.83. The smallest absolute Gasteiger partial charge is 0.311 e. The maximum absolute atomic E-state index is 11.2. The van der Waals surface area contributed by atoms with Gasteiger partial charge in [-0.2, -0.15) is 0 Å². The first kappa shape index (κ1) is 15.0. The number of nitro benzene ring substituents is 1. The summed E-state index contributed by atoms with van der Waals surface area (Å²) in [4.78, 5) is 21.6. The van der Waals surface area contributed by atoms with Crippen LogP contribution in [0.15, 0.2) is 30.6 Å². The van der Waals surface area contributed by atoms with Gasteiger partial charge in [0.2, 0.25) is 11.6 Å². The first-order chi connectivity index (χ1) is 11.7. The molecule has 3 aromatic rings. The molecule has 0 atom stereocenters. The van der Waals surface area contributed by atoms with Crippen LogP contribution in [0.25, 0.3) is 10.2 Å². The van der Waals surface area contributed by atoms with Crippen LogP contribution in [0.3, 0.4) is 0 Å². The van der Waals surface area contributed by atoms with Crippen molar-refractivity contribution in [3.05, 3.63) is 51.1 Å². The SMILES string of the molecule is O=[N+]([O-])c1ccccc1Oc1ncnc2sc3c(c12)CCCCC3. The number of fused-ring (bicyclic) bond motifs is 3. The number of nitrogens with zero attached hydrogens (tertiary/aromatic N) is 3. The predicted octanol–water partition coefficient (Wildman–Crippen LogP) is 4.66. The fourth-order valence-corrected chi connectivity index (χ4v) is 4.33. The highest BCUT2D eigenvalue weighted by Crippen LogP contribution is 2.40. The van der Waals surface area contributed by atoms with Gasteiger partial charge >= 0.3 is 5.69 Å². The van der Waals surface area contributed by atoms with Gasteiger partial charge in [-0.1, -0.05) is 18.6 Å². The quantitative estimate of drug-likeness (QED) is 0.393. The van der Waals surface area contributed by atoms with Gasteiger partial charge in [-0.05, 0) is 37.3 Å². The fourth-order valence-electron chi connectivity index (χ4n) is 3.11. The zero-order valence-corrected chi connectivity index (χ0v) is 13.7. The van der Waals surface area contributed by atoms with Crippen LogP contribution in [-0.2, 0) is 12.8 Å². The Morgan fingerprint density at radius 2 is 1.96 bits per heavy atom. The van der Waals surface area contributed by atoms with Crippen molar-refractivity contribution < 1.29 is 9.66 Å². The van der Waals surface area contributed by atoms with E-state index in [-0.39, 0.29) is 11.4 Å². The van der Waals surface area contributed by atoms with Crippen LogP contribution >= 0.6 is 11.3 Å². The van der Waals surface area contributed by atoms with E-state index >= 15 is 0 Å². The standard InChI is InChI=1S/C17H15N3O3S/c21-20(22)12-7-4-5-8-13(12)23-16-15-11-6-2-1-3-9-14(11)24-17(15)19-10-18-16/h4-5,7-8,10H,1-3,6,9H2. The van der Waals surface area contributed by atoms with Gasteiger partial charge in [0, 0.05) is 10.9 Å². The Labute approximate surface area is 142 Å². The first-order valence-corrected chi connectivity index (χ1v) is 8.72. The number of hydrogen-bond acceptors (Lipinski definition) is 6. The van der Waals surface area contributed by atoms with Gasteiger partial charge in [-0.25, -0.2) is 9.97 Å². The number of rotatable bonds is 3. The summed E-state index contributed by atoms with van der Waals surface area (Å²) in [7, 11) is 0. The average Bonchev–Trinajstić information content (AvgIpc) is 2.78. The zero-order valence-electron chi connectivity index (χ0n) is 12.9. The molecule has 2 heterocycles. The molecule has 4 rings (SSSR count). The lowest BCUT2D eigenvalue weighted by Crippen LogP contribution is -1.96. The molecule has 122 valence electrons. The minimum atomic E-state index is -0.443. The van der Waals surface area contributed by atoms with Crippen LogP contribution < -0.4 is 4.74 Å². The van der Waals surface area contributed by atoms with E-state index in [1.54, 1.807) is 29.5 Å². The Kier molecular flexibility index (Phi) is 3.86. The van der Waals surface area contributed by atoms with Crippen LogP contribution in [0.2, 0.25) is 0 Å². The number of ether oxygens (including phenoxy) is 1. The van der Waals surface area contributed by atoms with E-state index in [0.29, 0.717) is 5.88 Å². The van der Waals surface area contributed by atoms with Crippen molar-refractivity contribution in [3.63, 3.8) is 0 Å². The van der Waals surface area contributed by atoms with E-state index in [4.69, 9.17) is 4.74 Å². The second-order valence-electron chi connectivity index (χ2n) is 5.75. The number of benzene rings is 1. The van der Waals surface area contributed by atoms with Gasteiger partial charge in [0.1, 0.15) is 11.2 Å². The lowest BCUT2D eigenvalue weighted by Gasteiger charge is -2.07. The van der Waals surface area contributed by atoms with Crippen LogP contribution in [0.4, 0.5) is 5.69 Å². The Hall–Kier alpha value is -2.54. The van der Waals surface area contributed by atoms with Crippen LogP contribution in [0, 0.1) is 10.1 Å². The molecule has 0 unspecified atom stereocenters. The maximum Gasteiger partial charge on any atom is 0.311 e. The summed E-state index contributed by atoms with van der Waals surface area (Å²) in [5.74, 6) is 0.616. The second kappa shape index (κ2) is 6.16. The summed E-state index contributed by atoms with van der Waals surface area (Å²) >= 11 is 1.68. The molecule has 24 heavy (non-hydrogen) atoms. The fraction of sp³-hybridized carbons (Fsp3) is 0.294. The van der Waals surface area contributed by atoms with E-state index in [9.17, 15) is 10.1 Å². The summed E-state index contributed by atoms with van der Waals surface area (Å²) in [5, 5.41) is 12.1. The molecule has 6 nitrogen and oxygen atoms in total. The monoisotopic (exact) mass is 341 g/mol. The van der Waals surface area contributed by atoms with Crippen molar-refractivity contribution in [2.24, 2.45) is 0 Å². The molecule has 0 N–H and O–H groups in total. The van der Waals surface area contributed by atoms with Crippen LogP contribution in [-0.4, -0.2) is 14.9 Å². The van der Waals surface area contributed by atoms with Gasteiger partial charge in [0.05, 0.1) is 10.3 Å². The lowest BCUT2D eigenvalue weighted by atomic mass is 10.1. The number of hydrogen-bond donors (Lipinski definition) is 0. The van der Waals surface area contributed by atoms with Crippen molar-refractivity contribution in [2.45, 2.75) is 32.1 Å². The molecule has 0 saturated carbocycles. The highest BCUT2D eigenvalue weighted by atomic mass is 32.1. The Bertz CT molecular complexity index is 923. The number of thiophene rings is 1. The first-order valence-electron chi connectivity index (χ1n) is 7.90. The van der Waals surface area contributed by atoms with Crippen molar-refractivity contribution in [3.8, 4) is 11.6 Å². The van der Waals surface area contributed by atoms with Crippen molar-refractivity contribution in [1.29, 1.82) is 0 Å². The highest BCUT2D eigenvalue weighted by molar-refractivity contribution is 7.18. The van der Waals surface area contributed by atoms with Crippen molar-refractivity contribution >= 4 is 27.2 Å². The molecule has 0 bridgehead atoms. The topological polar surface area (TPSA) is 78.2 Å². The largest absolute Gasteiger partial charge is 0.431 e. The molecular weight excluding hydrogens is 326 g/mol. The third-order valence-corrected chi connectivity index (χ3v) is 5.43. The lowest BCUT2D eigenvalue weighted by molar-refractivity contribution is -0.385. The van der Waals surface area contributed by atoms with Crippen molar-refractivity contribution in [2.75, 3.05) is 0 Å². The van der Waals surface area contributed by atoms with Gasteiger partial charge < -0.3 is 4.74 Å². The molecule has 2 aromatic heterocycles. The molecule has 0 aliphatic heterocycles. The molecule has 0 radical (unpaired) electrons. The molecule has 1 aromatic carbocycles. The van der Waals surface area contributed by atoms with Crippen LogP contribution in [0.1, 0.15) is 29.7 Å². The van der Waals surface area contributed by atoms with E-state index in [0.717, 1.165) is 29.5 Å². The number of para-hydroxylation sites is 2. The summed E-state index contributed by atoms with van der Waals surface area (Å²) in [5.41, 5.74) is 1.19. The summed E-state index contributed by atoms with van der Waals surface area (Å²) in [6, 6.07) is 6.37. The van der Waals surface area contributed by atoms with Gasteiger partial charge in [0.25, 0.3) is 0 Å². The normalized spacial score (nSPS) is 14.2. The molecule has 0 saturated heterocycles. The minimum absolute atomic E-state index is 0.0643. The number of aromatic nitrogens is 2. The molecule has 1 aliphatic rings. The van der Waals surface area contributed by atoms with Gasteiger partial charge in [-0.3, -0.25) is 10.1 Å². The summed E-state index contributed by atoms with van der Waals surface area (Å²) in [6.07, 6.45) is 7.04. The van der Waals surface area contributed by atoms with Gasteiger partial charge in [-0.15, -0.1) is 11.3 Å². The molecular formula is C17H15N3O3S. The third kappa shape index (κ3) is 2.60. The molecule has 0 spiro atoms. The molecule has 0 fully saturated rings. The van der Waals surface area contributed by atoms with Crippen LogP contribution in [0.5, 0.6) is 11.6 Å².